The lowest BCUT2D eigenvalue weighted by Crippen LogP contribution is -2.36. The number of ketones is 1. The summed E-state index contributed by atoms with van der Waals surface area (Å²) in [5.41, 5.74) is 1.22. The van der Waals surface area contributed by atoms with Crippen LogP contribution in [0.3, 0.4) is 0 Å². The van der Waals surface area contributed by atoms with E-state index in [0.717, 1.165) is 18.4 Å². The standard InChI is InChI=1S/C14H14FNO2/c15-10-2-1-8-5-9(6-13(17)12(8)7-10)14(18)16-11-3-4-11/h1-2,7,9,11H,3-6H2,(H,16,18). The number of rotatable bonds is 2. The summed E-state index contributed by atoms with van der Waals surface area (Å²) in [7, 11) is 0. The third kappa shape index (κ3) is 2.15. The van der Waals surface area contributed by atoms with Gasteiger partial charge in [-0.3, -0.25) is 9.59 Å². The van der Waals surface area contributed by atoms with Crippen LogP contribution in [0.4, 0.5) is 4.39 Å². The molecular formula is C14H14FNO2. The third-order valence-electron chi connectivity index (χ3n) is 3.56. The molecule has 0 spiro atoms. The Hall–Kier alpha value is -1.71. The third-order valence-corrected chi connectivity index (χ3v) is 3.56. The van der Waals surface area contributed by atoms with E-state index in [4.69, 9.17) is 0 Å². The fraction of sp³-hybridized carbons (Fsp3) is 0.429. The van der Waals surface area contributed by atoms with Crippen molar-refractivity contribution in [3.8, 4) is 0 Å². The quantitative estimate of drug-likeness (QED) is 0.867. The monoisotopic (exact) mass is 247 g/mol. The van der Waals surface area contributed by atoms with E-state index in [1.54, 1.807) is 6.07 Å². The van der Waals surface area contributed by atoms with Crippen LogP contribution in [-0.4, -0.2) is 17.7 Å². The van der Waals surface area contributed by atoms with Crippen molar-refractivity contribution >= 4 is 11.7 Å². The zero-order valence-electron chi connectivity index (χ0n) is 9.91. The van der Waals surface area contributed by atoms with Gasteiger partial charge < -0.3 is 5.32 Å². The highest BCUT2D eigenvalue weighted by molar-refractivity contribution is 6.01. The Morgan fingerprint density at radius 2 is 2.06 bits per heavy atom. The van der Waals surface area contributed by atoms with Crippen molar-refractivity contribution in [1.29, 1.82) is 0 Å². The maximum absolute atomic E-state index is 13.1. The minimum absolute atomic E-state index is 0.0409. The molecule has 1 saturated carbocycles. The van der Waals surface area contributed by atoms with Gasteiger partial charge in [-0.05, 0) is 37.0 Å². The van der Waals surface area contributed by atoms with Crippen molar-refractivity contribution in [3.05, 3.63) is 35.1 Å². The molecule has 94 valence electrons. The van der Waals surface area contributed by atoms with Gasteiger partial charge in [0.1, 0.15) is 5.82 Å². The smallest absolute Gasteiger partial charge is 0.224 e. The first-order valence-electron chi connectivity index (χ1n) is 6.25. The second kappa shape index (κ2) is 4.19. The van der Waals surface area contributed by atoms with Crippen molar-refractivity contribution in [3.63, 3.8) is 0 Å². The largest absolute Gasteiger partial charge is 0.353 e. The molecular weight excluding hydrogens is 233 g/mol. The Kier molecular flexibility index (Phi) is 2.65. The highest BCUT2D eigenvalue weighted by Gasteiger charge is 2.32. The number of benzene rings is 1. The van der Waals surface area contributed by atoms with Gasteiger partial charge in [-0.1, -0.05) is 6.07 Å². The molecule has 0 radical (unpaired) electrons. The summed E-state index contributed by atoms with van der Waals surface area (Å²) in [6.07, 6.45) is 2.79. The average Bonchev–Trinajstić information content (AvgIpc) is 3.13. The van der Waals surface area contributed by atoms with Crippen LogP contribution in [0, 0.1) is 11.7 Å². The molecule has 2 aliphatic carbocycles. The summed E-state index contributed by atoms with van der Waals surface area (Å²) in [5.74, 6) is -0.869. The Labute approximate surface area is 104 Å². The Bertz CT molecular complexity index is 523. The first-order chi connectivity index (χ1) is 8.63. The molecule has 0 saturated heterocycles. The van der Waals surface area contributed by atoms with Crippen molar-refractivity contribution in [2.75, 3.05) is 0 Å². The molecule has 18 heavy (non-hydrogen) atoms. The lowest BCUT2D eigenvalue weighted by Gasteiger charge is -2.22. The maximum atomic E-state index is 13.1. The molecule has 1 aromatic carbocycles. The van der Waals surface area contributed by atoms with Gasteiger partial charge in [0.2, 0.25) is 5.91 Å². The van der Waals surface area contributed by atoms with Gasteiger partial charge >= 0.3 is 0 Å². The van der Waals surface area contributed by atoms with Crippen molar-refractivity contribution in [1.82, 2.24) is 5.32 Å². The van der Waals surface area contributed by atoms with Crippen LogP contribution in [0.5, 0.6) is 0 Å². The molecule has 0 bridgehead atoms. The fourth-order valence-electron chi connectivity index (χ4n) is 2.39. The lowest BCUT2D eigenvalue weighted by atomic mass is 9.82. The highest BCUT2D eigenvalue weighted by Crippen LogP contribution is 2.27. The Morgan fingerprint density at radius 3 is 2.78 bits per heavy atom. The minimum Gasteiger partial charge on any atom is -0.353 e. The van der Waals surface area contributed by atoms with Crippen LogP contribution < -0.4 is 5.32 Å². The first kappa shape index (κ1) is 11.4. The summed E-state index contributed by atoms with van der Waals surface area (Å²) < 4.78 is 13.1. The van der Waals surface area contributed by atoms with Crippen LogP contribution in [0.2, 0.25) is 0 Å². The minimum atomic E-state index is -0.400. The SMILES string of the molecule is O=C1CC(C(=O)NC2CC2)Cc2ccc(F)cc21. The van der Waals surface area contributed by atoms with E-state index in [2.05, 4.69) is 5.32 Å². The molecule has 1 amide bonds. The zero-order chi connectivity index (χ0) is 12.7. The summed E-state index contributed by atoms with van der Waals surface area (Å²) in [4.78, 5) is 23.8. The van der Waals surface area contributed by atoms with Crippen LogP contribution in [-0.2, 0) is 11.2 Å². The van der Waals surface area contributed by atoms with E-state index < -0.39 is 5.82 Å². The van der Waals surface area contributed by atoms with Crippen LogP contribution in [0.25, 0.3) is 0 Å². The topological polar surface area (TPSA) is 46.2 Å². The molecule has 4 heteroatoms. The summed E-state index contributed by atoms with van der Waals surface area (Å²) >= 11 is 0. The predicted molar refractivity (Wildman–Crippen MR) is 63.7 cm³/mol. The van der Waals surface area contributed by atoms with Gasteiger partial charge in [-0.25, -0.2) is 4.39 Å². The Morgan fingerprint density at radius 1 is 1.28 bits per heavy atom. The number of amides is 1. The summed E-state index contributed by atoms with van der Waals surface area (Å²) in [6, 6.07) is 4.53. The molecule has 0 aromatic heterocycles. The van der Waals surface area contributed by atoms with Gasteiger partial charge in [0, 0.05) is 23.9 Å². The maximum Gasteiger partial charge on any atom is 0.224 e. The fourth-order valence-corrected chi connectivity index (χ4v) is 2.39. The van der Waals surface area contributed by atoms with E-state index in [1.165, 1.54) is 12.1 Å². The number of nitrogens with one attached hydrogen (secondary N) is 1. The molecule has 0 aliphatic heterocycles. The number of halogens is 1. The second-order valence-electron chi connectivity index (χ2n) is 5.11. The van der Waals surface area contributed by atoms with Gasteiger partial charge in [0.05, 0.1) is 0 Å². The van der Waals surface area contributed by atoms with E-state index >= 15 is 0 Å². The van der Waals surface area contributed by atoms with Crippen molar-refractivity contribution in [2.45, 2.75) is 31.7 Å². The van der Waals surface area contributed by atoms with Gasteiger partial charge in [0.25, 0.3) is 0 Å². The normalized spacial score (nSPS) is 22.5. The van der Waals surface area contributed by atoms with E-state index in [9.17, 15) is 14.0 Å². The van der Waals surface area contributed by atoms with E-state index in [0.29, 0.717) is 18.0 Å². The van der Waals surface area contributed by atoms with Crippen LogP contribution in [0.15, 0.2) is 18.2 Å². The Balaban J connectivity index is 1.80. The number of Topliss-reactive ketones (excluding diaryl/α,β-unsaturated/α-hetero) is 1. The number of hydrogen-bond donors (Lipinski definition) is 1. The van der Waals surface area contributed by atoms with E-state index in [1.807, 2.05) is 0 Å². The summed E-state index contributed by atoms with van der Waals surface area (Å²) in [5, 5.41) is 2.92. The molecule has 1 aromatic rings. The number of fused-ring (bicyclic) bond motifs is 1. The lowest BCUT2D eigenvalue weighted by molar-refractivity contribution is -0.125. The van der Waals surface area contributed by atoms with Crippen LogP contribution in [0.1, 0.15) is 35.2 Å². The molecule has 1 N–H and O–H groups in total. The molecule has 1 atom stereocenters. The number of carbonyl (C=O) groups excluding carboxylic acids is 2. The summed E-state index contributed by atoms with van der Waals surface area (Å²) in [6.45, 7) is 0. The van der Waals surface area contributed by atoms with E-state index in [-0.39, 0.29) is 24.0 Å². The number of hydrogen-bond acceptors (Lipinski definition) is 2. The highest BCUT2D eigenvalue weighted by atomic mass is 19.1. The van der Waals surface area contributed by atoms with Crippen molar-refractivity contribution in [2.24, 2.45) is 5.92 Å². The molecule has 2 aliphatic rings. The zero-order valence-corrected chi connectivity index (χ0v) is 9.91. The molecule has 1 unspecified atom stereocenters. The van der Waals surface area contributed by atoms with Gasteiger partial charge in [-0.2, -0.15) is 0 Å². The first-order valence-corrected chi connectivity index (χ1v) is 6.25. The molecule has 3 nitrogen and oxygen atoms in total. The predicted octanol–water partition coefficient (Wildman–Crippen LogP) is 1.85. The number of carbonyl (C=O) groups is 2. The van der Waals surface area contributed by atoms with Gasteiger partial charge in [0.15, 0.2) is 5.78 Å². The van der Waals surface area contributed by atoms with Crippen LogP contribution >= 0.6 is 0 Å². The second-order valence-corrected chi connectivity index (χ2v) is 5.11. The average molecular weight is 247 g/mol. The van der Waals surface area contributed by atoms with Crippen molar-refractivity contribution < 1.29 is 14.0 Å². The van der Waals surface area contributed by atoms with Gasteiger partial charge in [-0.15, -0.1) is 0 Å². The molecule has 1 fully saturated rings. The molecule has 0 heterocycles. The molecule has 3 rings (SSSR count).